The van der Waals surface area contributed by atoms with Crippen LogP contribution in [-0.4, -0.2) is 29.2 Å². The summed E-state index contributed by atoms with van der Waals surface area (Å²) in [5.41, 5.74) is 3.85. The highest BCUT2D eigenvalue weighted by atomic mass is 35.5. The van der Waals surface area contributed by atoms with E-state index in [1.807, 2.05) is 30.3 Å². The second-order valence-corrected chi connectivity index (χ2v) is 17.4. The predicted octanol–water partition coefficient (Wildman–Crippen LogP) is 8.72. The second-order valence-electron chi connectivity index (χ2n) is 13.7. The minimum absolute atomic E-state index is 0.181. The number of hydrogen-bond acceptors (Lipinski definition) is 6. The smallest absolute Gasteiger partial charge is 0.244 e. The molecule has 2 unspecified atom stereocenters. The van der Waals surface area contributed by atoms with Crippen LogP contribution in [0.3, 0.4) is 0 Å². The van der Waals surface area contributed by atoms with Crippen LogP contribution in [0.25, 0.3) is 22.3 Å². The lowest BCUT2D eigenvalue weighted by Gasteiger charge is -2.35. The lowest BCUT2D eigenvalue weighted by molar-refractivity contribution is 0.306. The van der Waals surface area contributed by atoms with Crippen molar-refractivity contribution in [1.82, 2.24) is 9.44 Å². The van der Waals surface area contributed by atoms with Crippen molar-refractivity contribution in [2.45, 2.75) is 86.3 Å². The first kappa shape index (κ1) is 34.9. The van der Waals surface area contributed by atoms with Crippen LogP contribution >= 0.6 is 11.6 Å². The standard InChI is InChI=1S/C19H21ClN2O2S.C19H21FN2O2S/c2*20-16-9-5-4-8-15(16)14-10-11-17-18(12-14)25(23,24)22-19(21-17)13-6-2-1-3-7-13/h2*4-5,8-13,19,21-22H,1-3,6-7H2. The van der Waals surface area contributed by atoms with Gasteiger partial charge in [-0.2, -0.15) is 9.44 Å². The van der Waals surface area contributed by atoms with Crippen molar-refractivity contribution in [1.29, 1.82) is 0 Å². The largest absolute Gasteiger partial charge is 0.368 e. The molecule has 2 heterocycles. The van der Waals surface area contributed by atoms with E-state index < -0.39 is 20.0 Å². The van der Waals surface area contributed by atoms with Crippen LogP contribution in [0.5, 0.6) is 0 Å². The van der Waals surface area contributed by atoms with Crippen molar-refractivity contribution < 1.29 is 21.2 Å². The molecule has 12 heteroatoms. The van der Waals surface area contributed by atoms with Gasteiger partial charge in [0.1, 0.15) is 15.6 Å². The third kappa shape index (κ3) is 7.43. The lowest BCUT2D eigenvalue weighted by Crippen LogP contribution is -2.49. The van der Waals surface area contributed by atoms with E-state index in [1.165, 1.54) is 31.7 Å². The molecule has 0 saturated heterocycles. The summed E-state index contributed by atoms with van der Waals surface area (Å²) in [6.45, 7) is 0. The Bertz CT molecular complexity index is 1940. The summed E-state index contributed by atoms with van der Waals surface area (Å²) in [5.74, 6) is 0.291. The van der Waals surface area contributed by atoms with Gasteiger partial charge in [-0.25, -0.2) is 21.2 Å². The Morgan fingerprint density at radius 2 is 1.00 bits per heavy atom. The SMILES string of the molecule is O=S1(=O)NC(C2CCCCC2)Nc2ccc(-c3ccccc3Cl)cc21.O=S1(=O)NC(C2CCCCC2)Nc2ccc(-c3ccccc3F)cc21. The van der Waals surface area contributed by atoms with Gasteiger partial charge in [0.2, 0.25) is 20.0 Å². The van der Waals surface area contributed by atoms with Crippen molar-refractivity contribution in [3.8, 4) is 22.3 Å². The Labute approximate surface area is 299 Å². The Morgan fingerprint density at radius 3 is 1.48 bits per heavy atom. The van der Waals surface area contributed by atoms with E-state index in [4.69, 9.17) is 11.6 Å². The summed E-state index contributed by atoms with van der Waals surface area (Å²) < 4.78 is 70.8. The van der Waals surface area contributed by atoms with E-state index in [9.17, 15) is 21.2 Å². The first-order chi connectivity index (χ1) is 24.1. The summed E-state index contributed by atoms with van der Waals surface area (Å²) in [6.07, 6.45) is 10.8. The normalized spacial score (nSPS) is 22.8. The Hall–Kier alpha value is -3.48. The average molecular weight is 737 g/mol. The third-order valence-corrected chi connectivity index (χ3v) is 13.6. The molecule has 2 fully saturated rings. The summed E-state index contributed by atoms with van der Waals surface area (Å²) in [7, 11) is -7.16. The van der Waals surface area contributed by atoms with E-state index in [-0.39, 0.29) is 27.9 Å². The Balaban J connectivity index is 0.000000157. The number of hydrogen-bond donors (Lipinski definition) is 4. The maximum absolute atomic E-state index is 14.0. The van der Waals surface area contributed by atoms with E-state index >= 15 is 0 Å². The quantitative estimate of drug-likeness (QED) is 0.167. The number of benzene rings is 4. The summed E-state index contributed by atoms with van der Waals surface area (Å²) >= 11 is 6.26. The van der Waals surface area contributed by atoms with Crippen LogP contribution in [0.4, 0.5) is 15.8 Å². The fourth-order valence-corrected chi connectivity index (χ4v) is 10.7. The number of nitrogens with one attached hydrogen (secondary N) is 4. The first-order valence-corrected chi connectivity index (χ1v) is 20.8. The van der Waals surface area contributed by atoms with Crippen molar-refractivity contribution in [3.63, 3.8) is 0 Å². The Kier molecular flexibility index (Phi) is 10.2. The summed E-state index contributed by atoms with van der Waals surface area (Å²) in [5, 5.41) is 7.33. The van der Waals surface area contributed by atoms with Crippen LogP contribution < -0.4 is 20.1 Å². The third-order valence-electron chi connectivity index (χ3n) is 10.3. The number of fused-ring (bicyclic) bond motifs is 2. The topological polar surface area (TPSA) is 116 Å². The van der Waals surface area contributed by atoms with Crippen LogP contribution in [0.2, 0.25) is 5.02 Å². The zero-order valence-corrected chi connectivity index (χ0v) is 30.1. The molecule has 2 saturated carbocycles. The van der Waals surface area contributed by atoms with Crippen LogP contribution in [0.15, 0.2) is 94.7 Å². The molecule has 4 aromatic carbocycles. The maximum Gasteiger partial charge on any atom is 0.244 e. The minimum atomic E-state index is -3.62. The zero-order valence-electron chi connectivity index (χ0n) is 27.7. The zero-order chi connectivity index (χ0) is 34.9. The molecule has 50 heavy (non-hydrogen) atoms. The predicted molar refractivity (Wildman–Crippen MR) is 197 cm³/mol. The fraction of sp³-hybridized carbons (Fsp3) is 0.368. The molecule has 2 aliphatic heterocycles. The highest BCUT2D eigenvalue weighted by Crippen LogP contribution is 2.38. The van der Waals surface area contributed by atoms with Gasteiger partial charge in [-0.05, 0) is 85.0 Å². The molecule has 4 aliphatic rings. The molecule has 0 amide bonds. The van der Waals surface area contributed by atoms with Crippen molar-refractivity contribution in [2.75, 3.05) is 10.6 Å². The molecule has 2 aliphatic carbocycles. The van der Waals surface area contributed by atoms with Crippen molar-refractivity contribution in [3.05, 3.63) is 95.8 Å². The number of rotatable bonds is 4. The monoisotopic (exact) mass is 736 g/mol. The maximum atomic E-state index is 14.0. The highest BCUT2D eigenvalue weighted by Gasteiger charge is 2.36. The molecule has 2 atom stereocenters. The molecule has 0 bridgehead atoms. The number of halogens is 2. The van der Waals surface area contributed by atoms with Crippen LogP contribution in [-0.2, 0) is 20.0 Å². The van der Waals surface area contributed by atoms with Crippen molar-refractivity contribution in [2.24, 2.45) is 11.8 Å². The highest BCUT2D eigenvalue weighted by molar-refractivity contribution is 7.90. The van der Waals surface area contributed by atoms with E-state index in [0.717, 1.165) is 49.7 Å². The minimum Gasteiger partial charge on any atom is -0.368 e. The molecule has 4 aromatic rings. The molecular formula is C38H42ClFN4O4S2. The molecular weight excluding hydrogens is 695 g/mol. The van der Waals surface area contributed by atoms with Gasteiger partial charge in [0.15, 0.2) is 0 Å². The second kappa shape index (κ2) is 14.6. The Morgan fingerprint density at radius 1 is 0.560 bits per heavy atom. The van der Waals surface area contributed by atoms with E-state index in [0.29, 0.717) is 39.4 Å². The van der Waals surface area contributed by atoms with Gasteiger partial charge >= 0.3 is 0 Å². The van der Waals surface area contributed by atoms with Gasteiger partial charge in [-0.15, -0.1) is 0 Å². The first-order valence-electron chi connectivity index (χ1n) is 17.4. The van der Waals surface area contributed by atoms with Gasteiger partial charge < -0.3 is 10.6 Å². The average Bonchev–Trinajstić information content (AvgIpc) is 3.12. The van der Waals surface area contributed by atoms with Gasteiger partial charge in [-0.3, -0.25) is 0 Å². The van der Waals surface area contributed by atoms with Gasteiger partial charge in [0, 0.05) is 16.1 Å². The van der Waals surface area contributed by atoms with Crippen molar-refractivity contribution >= 4 is 43.0 Å². The van der Waals surface area contributed by atoms with E-state index in [1.54, 1.807) is 48.5 Å². The lowest BCUT2D eigenvalue weighted by atomic mass is 9.87. The molecule has 264 valence electrons. The van der Waals surface area contributed by atoms with Crippen LogP contribution in [0.1, 0.15) is 64.2 Å². The fourth-order valence-electron chi connectivity index (χ4n) is 7.67. The number of sulfonamides is 2. The molecule has 0 aromatic heterocycles. The van der Waals surface area contributed by atoms with E-state index in [2.05, 4.69) is 20.1 Å². The summed E-state index contributed by atoms with van der Waals surface area (Å²) in [4.78, 5) is 0.470. The molecule has 4 N–H and O–H groups in total. The number of anilines is 2. The van der Waals surface area contributed by atoms with Crippen LogP contribution in [0, 0.1) is 17.7 Å². The van der Waals surface area contributed by atoms with Gasteiger partial charge in [0.25, 0.3) is 0 Å². The molecule has 0 spiro atoms. The molecule has 0 radical (unpaired) electrons. The molecule has 8 nitrogen and oxygen atoms in total. The van der Waals surface area contributed by atoms with Gasteiger partial charge in [0.05, 0.1) is 23.7 Å². The summed E-state index contributed by atoms with van der Waals surface area (Å²) in [6, 6.07) is 24.4. The van der Waals surface area contributed by atoms with Gasteiger partial charge in [-0.1, -0.05) is 98.7 Å². The molecule has 8 rings (SSSR count).